The van der Waals surface area contributed by atoms with Crippen LogP contribution in [0.25, 0.3) is 0 Å². The van der Waals surface area contributed by atoms with Crippen LogP contribution >= 0.6 is 11.8 Å². The molecule has 39 heavy (non-hydrogen) atoms. The molecule has 0 bridgehead atoms. The van der Waals surface area contributed by atoms with E-state index >= 15 is 0 Å². The smallest absolute Gasteiger partial charge is 0.328 e. The van der Waals surface area contributed by atoms with Gasteiger partial charge in [0.1, 0.15) is 11.6 Å². The zero-order chi connectivity index (χ0) is 28.2. The Bertz CT molecular complexity index is 1150. The van der Waals surface area contributed by atoms with Crippen LogP contribution in [0.2, 0.25) is 0 Å². The van der Waals surface area contributed by atoms with Gasteiger partial charge >= 0.3 is 11.9 Å². The highest BCUT2D eigenvalue weighted by Gasteiger charge is 2.26. The number of rotatable bonds is 9. The maximum Gasteiger partial charge on any atom is 0.328 e. The van der Waals surface area contributed by atoms with Gasteiger partial charge in [-0.15, -0.1) is 0 Å². The number of likely N-dealkylation sites (tertiary alicyclic amines) is 1. The number of amidine groups is 1. The molecule has 0 saturated carbocycles. The topological polar surface area (TPSA) is 103 Å². The number of fused-ring (bicyclic) bond motifs is 1. The Balaban J connectivity index is 0.000000459. The lowest BCUT2D eigenvalue weighted by Gasteiger charge is -2.38. The number of halogens is 1. The Morgan fingerprint density at radius 1 is 1.10 bits per heavy atom. The van der Waals surface area contributed by atoms with Gasteiger partial charge < -0.3 is 24.7 Å². The second-order valence-electron chi connectivity index (χ2n) is 9.52. The number of aliphatic imine (C=N–C) groups is 1. The molecular weight excluding hydrogens is 521 g/mol. The molecule has 2 aliphatic rings. The van der Waals surface area contributed by atoms with E-state index in [-0.39, 0.29) is 5.82 Å². The van der Waals surface area contributed by atoms with Crippen LogP contribution < -0.4 is 4.74 Å². The number of benzene rings is 2. The van der Waals surface area contributed by atoms with Crippen molar-refractivity contribution in [3.63, 3.8) is 0 Å². The molecule has 2 aromatic carbocycles. The lowest BCUT2D eigenvalue weighted by atomic mass is 10.0. The first-order valence-electron chi connectivity index (χ1n) is 13.0. The third-order valence-corrected chi connectivity index (χ3v) is 7.63. The van der Waals surface area contributed by atoms with Crippen LogP contribution in [0.15, 0.2) is 59.6 Å². The number of carboxylic acids is 2. The standard InChI is InChI=1S/C25H32FN3OS.C4H4O4/c1-19-5-10-24-20(17-19)18-31-25(27-24)28(2)22-11-14-29(15-12-22)13-3-4-16-30-23-8-6-21(26)7-9-23;5-3(6)1-2-4(7)8/h5-10,17,22H,3-4,11-16,18H2,1-2H3;1-2H,(H,5,6)(H,7,8)/b;2-1-. The summed E-state index contributed by atoms with van der Waals surface area (Å²) >= 11 is 1.86. The predicted octanol–water partition coefficient (Wildman–Crippen LogP) is 5.34. The Labute approximate surface area is 233 Å². The summed E-state index contributed by atoms with van der Waals surface area (Å²) in [6, 6.07) is 13.4. The predicted molar refractivity (Wildman–Crippen MR) is 152 cm³/mol. The van der Waals surface area contributed by atoms with Gasteiger partial charge in [-0.25, -0.2) is 19.0 Å². The van der Waals surface area contributed by atoms with Crippen molar-refractivity contribution < 1.29 is 28.9 Å². The SMILES string of the molecule is Cc1ccc2c(c1)CSC(N(C)C1CCN(CCCCOc3ccc(F)cc3)CC1)=N2.O=C(O)/C=C\C(=O)O. The summed E-state index contributed by atoms with van der Waals surface area (Å²) in [6.07, 6.45) is 5.63. The van der Waals surface area contributed by atoms with Crippen LogP contribution in [0, 0.1) is 12.7 Å². The van der Waals surface area contributed by atoms with Gasteiger partial charge in [0.05, 0.1) is 12.3 Å². The molecule has 0 radical (unpaired) electrons. The zero-order valence-electron chi connectivity index (χ0n) is 22.4. The molecule has 1 saturated heterocycles. The summed E-state index contributed by atoms with van der Waals surface area (Å²) in [5, 5.41) is 16.8. The molecular formula is C29H36FN3O5S. The third kappa shape index (κ3) is 10.4. The van der Waals surface area contributed by atoms with E-state index in [9.17, 15) is 14.0 Å². The third-order valence-electron chi connectivity index (χ3n) is 6.53. The minimum atomic E-state index is -1.26. The summed E-state index contributed by atoms with van der Waals surface area (Å²) in [5.41, 5.74) is 3.78. The highest BCUT2D eigenvalue weighted by Crippen LogP contribution is 2.33. The lowest BCUT2D eigenvalue weighted by Crippen LogP contribution is -2.45. The Morgan fingerprint density at radius 3 is 2.41 bits per heavy atom. The van der Waals surface area contributed by atoms with E-state index in [0.717, 1.165) is 54.8 Å². The first-order chi connectivity index (χ1) is 18.7. The number of aliphatic carboxylic acids is 2. The molecule has 2 N–H and O–H groups in total. The van der Waals surface area contributed by atoms with Gasteiger partial charge in [-0.1, -0.05) is 29.5 Å². The highest BCUT2D eigenvalue weighted by molar-refractivity contribution is 8.13. The summed E-state index contributed by atoms with van der Waals surface area (Å²) < 4.78 is 18.6. The van der Waals surface area contributed by atoms with Crippen LogP contribution in [-0.2, 0) is 15.3 Å². The van der Waals surface area contributed by atoms with Gasteiger partial charge in [-0.3, -0.25) is 0 Å². The number of carbonyl (C=O) groups is 2. The summed E-state index contributed by atoms with van der Waals surface area (Å²) in [7, 11) is 2.21. The maximum absolute atomic E-state index is 12.9. The Morgan fingerprint density at radius 2 is 1.77 bits per heavy atom. The number of hydrogen-bond donors (Lipinski definition) is 2. The molecule has 2 heterocycles. The van der Waals surface area contributed by atoms with Gasteiger partial charge in [0.2, 0.25) is 0 Å². The van der Waals surface area contributed by atoms with Crippen LogP contribution in [0.3, 0.4) is 0 Å². The summed E-state index contributed by atoms with van der Waals surface area (Å²) in [5.74, 6) is -0.985. The number of hydrogen-bond acceptors (Lipinski definition) is 7. The number of aryl methyl sites for hydroxylation is 1. The Kier molecular flexibility index (Phi) is 11.8. The molecule has 2 aliphatic heterocycles. The molecule has 8 nitrogen and oxygen atoms in total. The second-order valence-corrected chi connectivity index (χ2v) is 10.5. The Hall–Kier alpha value is -3.37. The van der Waals surface area contributed by atoms with Crippen molar-refractivity contribution in [3.8, 4) is 5.75 Å². The minimum absolute atomic E-state index is 0.226. The molecule has 0 spiro atoms. The average Bonchev–Trinajstić information content (AvgIpc) is 2.93. The van der Waals surface area contributed by atoms with Gasteiger partial charge in [0, 0.05) is 44.1 Å². The van der Waals surface area contributed by atoms with Crippen molar-refractivity contribution >= 4 is 34.6 Å². The molecule has 10 heteroatoms. The monoisotopic (exact) mass is 557 g/mol. The number of thioether (sulfide) groups is 1. The van der Waals surface area contributed by atoms with Crippen LogP contribution in [0.5, 0.6) is 5.75 Å². The van der Waals surface area contributed by atoms with Crippen molar-refractivity contribution in [1.29, 1.82) is 0 Å². The molecule has 1 fully saturated rings. The van der Waals surface area contributed by atoms with E-state index in [0.29, 0.717) is 24.8 Å². The molecule has 0 amide bonds. The van der Waals surface area contributed by atoms with Crippen LogP contribution in [0.1, 0.15) is 36.8 Å². The van der Waals surface area contributed by atoms with Gasteiger partial charge in [-0.05, 0) is 75.0 Å². The first kappa shape index (κ1) is 30.2. The fraction of sp³-hybridized carbons (Fsp3) is 0.414. The number of nitrogens with zero attached hydrogens (tertiary/aromatic N) is 3. The van der Waals surface area contributed by atoms with Gasteiger partial charge in [0.15, 0.2) is 5.17 Å². The summed E-state index contributed by atoms with van der Waals surface area (Å²) in [6.45, 7) is 6.22. The van der Waals surface area contributed by atoms with Gasteiger partial charge in [0.25, 0.3) is 0 Å². The van der Waals surface area contributed by atoms with E-state index in [1.165, 1.54) is 36.1 Å². The van der Waals surface area contributed by atoms with E-state index in [1.54, 1.807) is 12.1 Å². The molecule has 210 valence electrons. The lowest BCUT2D eigenvalue weighted by molar-refractivity contribution is -0.134. The zero-order valence-corrected chi connectivity index (χ0v) is 23.2. The molecule has 2 aromatic rings. The molecule has 4 rings (SSSR count). The fourth-order valence-corrected chi connectivity index (χ4v) is 5.42. The van der Waals surface area contributed by atoms with Crippen molar-refractivity contribution in [2.45, 2.75) is 44.4 Å². The van der Waals surface area contributed by atoms with E-state index in [4.69, 9.17) is 19.9 Å². The summed E-state index contributed by atoms with van der Waals surface area (Å²) in [4.78, 5) is 29.0. The normalized spacial score (nSPS) is 15.6. The van der Waals surface area contributed by atoms with Crippen molar-refractivity contribution in [2.75, 3.05) is 33.3 Å². The molecule has 0 aromatic heterocycles. The first-order valence-corrected chi connectivity index (χ1v) is 14.0. The largest absolute Gasteiger partial charge is 0.494 e. The van der Waals surface area contributed by atoms with Crippen LogP contribution in [0.4, 0.5) is 10.1 Å². The van der Waals surface area contributed by atoms with E-state index < -0.39 is 11.9 Å². The molecule has 0 atom stereocenters. The second kappa shape index (κ2) is 15.3. The molecule has 0 aliphatic carbocycles. The average molecular weight is 558 g/mol. The number of unbranched alkanes of at least 4 members (excludes halogenated alkanes) is 1. The van der Waals surface area contributed by atoms with E-state index in [2.05, 4.69) is 42.0 Å². The van der Waals surface area contributed by atoms with Crippen LogP contribution in [-0.4, -0.2) is 76.4 Å². The van der Waals surface area contributed by atoms with Gasteiger partial charge in [-0.2, -0.15) is 0 Å². The maximum atomic E-state index is 12.9. The molecule has 0 unspecified atom stereocenters. The quantitative estimate of drug-likeness (QED) is 0.315. The highest BCUT2D eigenvalue weighted by atomic mass is 32.2. The van der Waals surface area contributed by atoms with Crippen molar-refractivity contribution in [2.24, 2.45) is 4.99 Å². The van der Waals surface area contributed by atoms with Crippen molar-refractivity contribution in [3.05, 3.63) is 71.6 Å². The number of carboxylic acid groups (broad SMARTS) is 2. The van der Waals surface area contributed by atoms with Crippen molar-refractivity contribution in [1.82, 2.24) is 9.80 Å². The number of ether oxygens (including phenoxy) is 1. The number of piperidine rings is 1. The minimum Gasteiger partial charge on any atom is -0.494 e. The fourth-order valence-electron chi connectivity index (χ4n) is 4.38. The van der Waals surface area contributed by atoms with E-state index in [1.807, 2.05) is 11.8 Å².